The van der Waals surface area contributed by atoms with Crippen molar-refractivity contribution in [2.75, 3.05) is 19.1 Å². The lowest BCUT2D eigenvalue weighted by atomic mass is 9.93. The van der Waals surface area contributed by atoms with Gasteiger partial charge in [0.25, 0.3) is 0 Å². The Balaban J connectivity index is 1.85. The number of rotatable bonds is 7. The van der Waals surface area contributed by atoms with Crippen molar-refractivity contribution < 1.29 is 18.8 Å². The molecule has 0 aliphatic rings. The van der Waals surface area contributed by atoms with Crippen LogP contribution in [0.1, 0.15) is 30.0 Å². The van der Waals surface area contributed by atoms with Gasteiger partial charge in [-0.1, -0.05) is 23.4 Å². The maximum atomic E-state index is 12.8. The number of esters is 1. The van der Waals surface area contributed by atoms with Crippen molar-refractivity contribution in [2.24, 2.45) is 0 Å². The molecule has 0 aliphatic heterocycles. The summed E-state index contributed by atoms with van der Waals surface area (Å²) in [5.41, 5.74) is 4.52. The van der Waals surface area contributed by atoms with E-state index in [0.717, 1.165) is 11.3 Å². The highest BCUT2D eigenvalue weighted by Gasteiger charge is 2.28. The van der Waals surface area contributed by atoms with Crippen molar-refractivity contribution in [3.63, 3.8) is 0 Å². The molecule has 3 rings (SSSR count). The van der Waals surface area contributed by atoms with E-state index in [1.54, 1.807) is 17.5 Å². The zero-order chi connectivity index (χ0) is 20.1. The highest BCUT2D eigenvalue weighted by molar-refractivity contribution is 7.07. The average Bonchev–Trinajstić information content (AvgIpc) is 3.36. The molecule has 1 amide bonds. The van der Waals surface area contributed by atoms with E-state index in [2.05, 4.69) is 10.1 Å². The van der Waals surface area contributed by atoms with Crippen molar-refractivity contribution in [3.05, 3.63) is 52.5 Å². The van der Waals surface area contributed by atoms with E-state index >= 15 is 0 Å². The molecule has 0 N–H and O–H groups in total. The summed E-state index contributed by atoms with van der Waals surface area (Å²) in [4.78, 5) is 30.6. The minimum absolute atomic E-state index is 0.0365. The number of anilines is 1. The second kappa shape index (κ2) is 8.79. The first kappa shape index (κ1) is 19.8. The molecule has 2 aromatic heterocycles. The molecular weight excluding hydrogens is 378 g/mol. The predicted molar refractivity (Wildman–Crippen MR) is 106 cm³/mol. The predicted octanol–water partition coefficient (Wildman–Crippen LogP) is 3.81. The number of carbonyl (C=O) groups excluding carboxylic acids is 2. The van der Waals surface area contributed by atoms with E-state index in [9.17, 15) is 9.59 Å². The highest BCUT2D eigenvalue weighted by Crippen LogP contribution is 2.33. The van der Waals surface area contributed by atoms with Crippen molar-refractivity contribution in [2.45, 2.75) is 25.7 Å². The summed E-state index contributed by atoms with van der Waals surface area (Å²) in [5, 5.41) is 6.02. The van der Waals surface area contributed by atoms with Gasteiger partial charge in [-0.05, 0) is 19.1 Å². The fourth-order valence-electron chi connectivity index (χ4n) is 2.99. The van der Waals surface area contributed by atoms with Crippen molar-refractivity contribution in [3.8, 4) is 11.5 Å². The van der Waals surface area contributed by atoms with Crippen LogP contribution in [0.3, 0.4) is 0 Å². The number of carbonyl (C=O) groups is 2. The van der Waals surface area contributed by atoms with Crippen LogP contribution in [0.25, 0.3) is 11.5 Å². The molecule has 0 fully saturated rings. The van der Waals surface area contributed by atoms with E-state index in [0.29, 0.717) is 17.1 Å². The van der Waals surface area contributed by atoms with Gasteiger partial charge in [0.15, 0.2) is 5.76 Å². The van der Waals surface area contributed by atoms with Gasteiger partial charge in [0, 0.05) is 36.0 Å². The Morgan fingerprint density at radius 1 is 1.25 bits per heavy atom. The van der Waals surface area contributed by atoms with Crippen LogP contribution in [0.15, 0.2) is 45.7 Å². The van der Waals surface area contributed by atoms with Crippen LogP contribution in [0.4, 0.5) is 5.69 Å². The maximum Gasteiger partial charge on any atom is 0.306 e. The summed E-state index contributed by atoms with van der Waals surface area (Å²) >= 11 is 1.45. The summed E-state index contributed by atoms with van der Waals surface area (Å²) < 4.78 is 10.3. The molecule has 0 bridgehead atoms. The van der Waals surface area contributed by atoms with Gasteiger partial charge in [-0.3, -0.25) is 9.59 Å². The number of nitrogens with zero attached hydrogens (tertiary/aromatic N) is 3. The van der Waals surface area contributed by atoms with Gasteiger partial charge >= 0.3 is 5.97 Å². The smallest absolute Gasteiger partial charge is 0.306 e. The fourth-order valence-corrected chi connectivity index (χ4v) is 3.52. The largest absolute Gasteiger partial charge is 0.469 e. The second-order valence-corrected chi connectivity index (χ2v) is 7.08. The Bertz CT molecular complexity index is 938. The molecule has 0 spiro atoms. The van der Waals surface area contributed by atoms with Gasteiger partial charge in [0.05, 0.1) is 24.7 Å². The van der Waals surface area contributed by atoms with E-state index in [1.165, 1.54) is 18.4 Å². The summed E-state index contributed by atoms with van der Waals surface area (Å²) in [5.74, 6) is -0.437. The van der Waals surface area contributed by atoms with Crippen LogP contribution in [-0.2, 0) is 14.3 Å². The van der Waals surface area contributed by atoms with Crippen LogP contribution in [0, 0.1) is 6.92 Å². The van der Waals surface area contributed by atoms with Crippen molar-refractivity contribution >= 4 is 28.9 Å². The summed E-state index contributed by atoms with van der Waals surface area (Å²) in [6.45, 7) is 1.86. The molecule has 7 nitrogen and oxygen atoms in total. The van der Waals surface area contributed by atoms with Gasteiger partial charge in [-0.15, -0.1) is 11.3 Å². The van der Waals surface area contributed by atoms with Crippen LogP contribution >= 0.6 is 11.3 Å². The standard InChI is InChI=1S/C20H21N3O4S/c1-13-19(22-27-20(13)16-11-28-12-21-16)14(10-18(25)26-3)9-17(24)23(2)15-7-5-4-6-8-15/h4-8,11-12,14H,9-10H2,1-3H3/t14-/m1/s1. The number of amides is 1. The van der Waals surface area contributed by atoms with Crippen molar-refractivity contribution in [1.29, 1.82) is 0 Å². The molecule has 0 radical (unpaired) electrons. The van der Waals surface area contributed by atoms with Gasteiger partial charge < -0.3 is 14.2 Å². The first-order chi connectivity index (χ1) is 13.5. The average molecular weight is 399 g/mol. The lowest BCUT2D eigenvalue weighted by molar-refractivity contribution is -0.141. The Morgan fingerprint density at radius 3 is 2.64 bits per heavy atom. The van der Waals surface area contributed by atoms with Crippen LogP contribution in [0.2, 0.25) is 0 Å². The quantitative estimate of drug-likeness (QED) is 0.562. The number of benzene rings is 1. The zero-order valence-corrected chi connectivity index (χ0v) is 16.7. The molecule has 0 saturated carbocycles. The summed E-state index contributed by atoms with van der Waals surface area (Å²) in [6.07, 6.45) is 0.138. The van der Waals surface area contributed by atoms with E-state index in [-0.39, 0.29) is 18.7 Å². The molecule has 0 unspecified atom stereocenters. The molecule has 0 aliphatic carbocycles. The van der Waals surface area contributed by atoms with Gasteiger partial charge in [-0.2, -0.15) is 0 Å². The maximum absolute atomic E-state index is 12.8. The third kappa shape index (κ3) is 4.28. The minimum atomic E-state index is -0.456. The first-order valence-electron chi connectivity index (χ1n) is 8.74. The number of thiazole rings is 1. The van der Waals surface area contributed by atoms with Gasteiger partial charge in [0.2, 0.25) is 5.91 Å². The highest BCUT2D eigenvalue weighted by atomic mass is 32.1. The molecular formula is C20H21N3O4S. The fraction of sp³-hybridized carbons (Fsp3) is 0.300. The first-order valence-corrected chi connectivity index (χ1v) is 9.68. The molecule has 1 atom stereocenters. The normalized spacial score (nSPS) is 11.8. The SMILES string of the molecule is COC(=O)C[C@@H](CC(=O)N(C)c1ccccc1)c1noc(-c2cscn2)c1C. The van der Waals surface area contributed by atoms with E-state index < -0.39 is 11.9 Å². The third-order valence-electron chi connectivity index (χ3n) is 4.59. The third-order valence-corrected chi connectivity index (χ3v) is 5.18. The van der Waals surface area contributed by atoms with E-state index in [1.807, 2.05) is 42.6 Å². The van der Waals surface area contributed by atoms with Gasteiger partial charge in [0.1, 0.15) is 5.69 Å². The molecule has 3 aromatic rings. The molecule has 146 valence electrons. The summed E-state index contributed by atoms with van der Waals surface area (Å²) in [7, 11) is 3.04. The van der Waals surface area contributed by atoms with Gasteiger partial charge in [-0.25, -0.2) is 4.98 Å². The topological polar surface area (TPSA) is 85.5 Å². The monoisotopic (exact) mass is 399 g/mol. The van der Waals surface area contributed by atoms with Crippen LogP contribution < -0.4 is 4.90 Å². The number of aromatic nitrogens is 2. The minimum Gasteiger partial charge on any atom is -0.469 e. The number of para-hydroxylation sites is 1. The second-order valence-electron chi connectivity index (χ2n) is 6.37. The molecule has 28 heavy (non-hydrogen) atoms. The number of methoxy groups -OCH3 is 1. The number of hydrogen-bond acceptors (Lipinski definition) is 7. The number of ether oxygens (including phenoxy) is 1. The van der Waals surface area contributed by atoms with Crippen LogP contribution in [0.5, 0.6) is 0 Å². The Kier molecular flexibility index (Phi) is 6.20. The summed E-state index contributed by atoms with van der Waals surface area (Å²) in [6, 6.07) is 9.34. The zero-order valence-electron chi connectivity index (χ0n) is 15.9. The molecule has 2 heterocycles. The Hall–Kier alpha value is -3.00. The lowest BCUT2D eigenvalue weighted by Crippen LogP contribution is -2.28. The number of hydrogen-bond donors (Lipinski definition) is 0. The molecule has 1 aromatic carbocycles. The Morgan fingerprint density at radius 2 is 2.00 bits per heavy atom. The Labute approximate surface area is 166 Å². The van der Waals surface area contributed by atoms with Crippen molar-refractivity contribution in [1.82, 2.24) is 10.1 Å². The molecule has 0 saturated heterocycles. The lowest BCUT2D eigenvalue weighted by Gasteiger charge is -2.20. The van der Waals surface area contributed by atoms with E-state index in [4.69, 9.17) is 9.26 Å². The van der Waals surface area contributed by atoms with Crippen LogP contribution in [-0.4, -0.2) is 36.2 Å². The molecule has 8 heteroatoms.